The maximum Gasteiger partial charge on any atom is 0.317 e. The first-order valence-electron chi connectivity index (χ1n) is 7.86. The Balaban J connectivity index is 1.99. The van der Waals surface area contributed by atoms with Crippen molar-refractivity contribution in [2.75, 3.05) is 19.6 Å². The molecule has 2 amide bonds. The van der Waals surface area contributed by atoms with Crippen molar-refractivity contribution in [1.29, 1.82) is 0 Å². The summed E-state index contributed by atoms with van der Waals surface area (Å²) in [7, 11) is 0. The van der Waals surface area contributed by atoms with Gasteiger partial charge in [-0.1, -0.05) is 25.9 Å². The molecule has 7 nitrogen and oxygen atoms in total. The molecule has 0 saturated carbocycles. The molecule has 136 valence electrons. The molecule has 1 aliphatic heterocycles. The Morgan fingerprint density at radius 3 is 2.58 bits per heavy atom. The number of aromatic nitrogens is 2. The molecule has 24 heavy (non-hydrogen) atoms. The zero-order chi connectivity index (χ0) is 18.1. The number of nitrogens with zero attached hydrogens (tertiary/aromatic N) is 3. The molecule has 0 unspecified atom stereocenters. The van der Waals surface area contributed by atoms with Crippen molar-refractivity contribution in [2.24, 2.45) is 5.41 Å². The van der Waals surface area contributed by atoms with Crippen LogP contribution in [0.4, 0.5) is 13.6 Å². The van der Waals surface area contributed by atoms with Crippen molar-refractivity contribution < 1.29 is 22.8 Å². The van der Waals surface area contributed by atoms with Crippen LogP contribution in [0.2, 0.25) is 0 Å². The fraction of sp³-hybridized carbons (Fsp3) is 0.800. The maximum atomic E-state index is 14.0. The lowest BCUT2D eigenvalue weighted by Gasteiger charge is -2.36. The number of carbonyl (C=O) groups excluding carboxylic acids is 1. The van der Waals surface area contributed by atoms with E-state index in [1.807, 2.05) is 0 Å². The first-order chi connectivity index (χ1) is 11.0. The molecule has 2 heterocycles. The average Bonchev–Trinajstić information content (AvgIpc) is 2.89. The lowest BCUT2D eigenvalue weighted by molar-refractivity contribution is -0.0951. The second-order valence-electron chi connectivity index (χ2n) is 7.13. The van der Waals surface area contributed by atoms with Gasteiger partial charge in [0.15, 0.2) is 11.9 Å². The van der Waals surface area contributed by atoms with Crippen molar-refractivity contribution in [2.45, 2.75) is 52.7 Å². The van der Waals surface area contributed by atoms with Crippen LogP contribution < -0.4 is 5.32 Å². The van der Waals surface area contributed by atoms with Gasteiger partial charge in [-0.2, -0.15) is 4.98 Å². The normalized spacial score (nSPS) is 22.5. The Kier molecular flexibility index (Phi) is 5.12. The molecule has 2 atom stereocenters. The second-order valence-corrected chi connectivity index (χ2v) is 7.13. The monoisotopic (exact) mass is 346 g/mol. The van der Waals surface area contributed by atoms with Gasteiger partial charge in [0.1, 0.15) is 0 Å². The lowest BCUT2D eigenvalue weighted by Crippen LogP contribution is -2.53. The Labute approximate surface area is 139 Å². The molecule has 1 saturated heterocycles. The fourth-order valence-electron chi connectivity index (χ4n) is 2.26. The molecule has 1 N–H and O–H groups in total. The van der Waals surface area contributed by atoms with Gasteiger partial charge >= 0.3 is 6.03 Å². The summed E-state index contributed by atoms with van der Waals surface area (Å²) >= 11 is 0. The maximum absolute atomic E-state index is 14.0. The first kappa shape index (κ1) is 18.6. The topological polar surface area (TPSA) is 80.5 Å². The van der Waals surface area contributed by atoms with E-state index >= 15 is 0 Å². The summed E-state index contributed by atoms with van der Waals surface area (Å²) in [4.78, 5) is 17.8. The second kappa shape index (κ2) is 6.62. The van der Waals surface area contributed by atoms with Crippen LogP contribution in [0.1, 0.15) is 45.5 Å². The van der Waals surface area contributed by atoms with Gasteiger partial charge in [0.05, 0.1) is 19.2 Å². The zero-order valence-corrected chi connectivity index (χ0v) is 14.6. The third-order valence-corrected chi connectivity index (χ3v) is 3.93. The Morgan fingerprint density at radius 2 is 2.04 bits per heavy atom. The highest BCUT2D eigenvalue weighted by Crippen LogP contribution is 2.35. The van der Waals surface area contributed by atoms with Crippen LogP contribution in [0, 0.1) is 12.3 Å². The van der Waals surface area contributed by atoms with Gasteiger partial charge in [-0.3, -0.25) is 0 Å². The standard InChI is InChI=1S/C15H24F2N4O3/c1-9-6-21(7-11(23-9)12-19-10(2)20-24-12)13(22)18-8-15(16,17)14(3,4)5/h9,11H,6-8H2,1-5H3,(H,18,22)/t9-,11-/m1/s1. The lowest BCUT2D eigenvalue weighted by atomic mass is 9.88. The van der Waals surface area contributed by atoms with Crippen molar-refractivity contribution >= 4 is 6.03 Å². The van der Waals surface area contributed by atoms with E-state index in [1.54, 1.807) is 13.8 Å². The van der Waals surface area contributed by atoms with Gasteiger partial charge in [-0.15, -0.1) is 0 Å². The smallest absolute Gasteiger partial charge is 0.317 e. The van der Waals surface area contributed by atoms with Crippen LogP contribution in [0.5, 0.6) is 0 Å². The van der Waals surface area contributed by atoms with Gasteiger partial charge in [0, 0.05) is 12.0 Å². The summed E-state index contributed by atoms with van der Waals surface area (Å²) < 4.78 is 38.8. The van der Waals surface area contributed by atoms with E-state index in [0.717, 1.165) is 0 Å². The number of ether oxygens (including phenoxy) is 1. The summed E-state index contributed by atoms with van der Waals surface area (Å²) in [5.74, 6) is -2.27. The van der Waals surface area contributed by atoms with Crippen LogP contribution in [0.15, 0.2) is 4.52 Å². The average molecular weight is 346 g/mol. The molecule has 1 fully saturated rings. The molecular formula is C15H24F2N4O3. The van der Waals surface area contributed by atoms with Gasteiger partial charge < -0.3 is 19.5 Å². The van der Waals surface area contributed by atoms with Crippen LogP contribution in [0.25, 0.3) is 0 Å². The minimum atomic E-state index is -3.01. The molecular weight excluding hydrogens is 322 g/mol. The van der Waals surface area contributed by atoms with Crippen LogP contribution in [0.3, 0.4) is 0 Å². The summed E-state index contributed by atoms with van der Waals surface area (Å²) in [6, 6.07) is -0.560. The molecule has 1 aromatic heterocycles. The van der Waals surface area contributed by atoms with Gasteiger partial charge in [-0.05, 0) is 13.8 Å². The molecule has 0 spiro atoms. The van der Waals surface area contributed by atoms with Crippen molar-refractivity contribution in [3.8, 4) is 0 Å². The number of hydrogen-bond donors (Lipinski definition) is 1. The van der Waals surface area contributed by atoms with E-state index in [9.17, 15) is 13.6 Å². The first-order valence-corrected chi connectivity index (χ1v) is 7.86. The van der Waals surface area contributed by atoms with Gasteiger partial charge in [0.2, 0.25) is 0 Å². The number of carbonyl (C=O) groups is 1. The number of urea groups is 1. The highest BCUT2D eigenvalue weighted by atomic mass is 19.3. The van der Waals surface area contributed by atoms with Crippen LogP contribution >= 0.6 is 0 Å². The van der Waals surface area contributed by atoms with Crippen molar-refractivity contribution in [3.05, 3.63) is 11.7 Å². The molecule has 2 rings (SSSR count). The number of alkyl halides is 2. The minimum absolute atomic E-state index is 0.166. The van der Waals surface area contributed by atoms with E-state index in [-0.39, 0.29) is 18.5 Å². The van der Waals surface area contributed by atoms with Crippen LogP contribution in [-0.4, -0.2) is 52.7 Å². The Bertz CT molecular complexity index is 586. The summed E-state index contributed by atoms with van der Waals surface area (Å²) in [6.07, 6.45) is -0.839. The number of amides is 2. The summed E-state index contributed by atoms with van der Waals surface area (Å²) in [6.45, 7) is 7.52. The van der Waals surface area contributed by atoms with E-state index in [2.05, 4.69) is 15.5 Å². The van der Waals surface area contributed by atoms with Crippen molar-refractivity contribution in [3.63, 3.8) is 0 Å². The highest BCUT2D eigenvalue weighted by Gasteiger charge is 2.43. The highest BCUT2D eigenvalue weighted by molar-refractivity contribution is 5.74. The summed E-state index contributed by atoms with van der Waals surface area (Å²) in [5.41, 5.74) is -1.23. The number of rotatable bonds is 3. The minimum Gasteiger partial charge on any atom is -0.362 e. The Morgan fingerprint density at radius 1 is 1.38 bits per heavy atom. The molecule has 0 aliphatic carbocycles. The number of nitrogens with one attached hydrogen (secondary N) is 1. The number of halogens is 2. The van der Waals surface area contributed by atoms with E-state index < -0.39 is 30.0 Å². The molecule has 1 aliphatic rings. The number of aryl methyl sites for hydroxylation is 1. The predicted octanol–water partition coefficient (Wildman–Crippen LogP) is 2.53. The molecule has 0 aromatic carbocycles. The molecule has 0 radical (unpaired) electrons. The molecule has 9 heteroatoms. The van der Waals surface area contributed by atoms with E-state index in [0.29, 0.717) is 12.4 Å². The van der Waals surface area contributed by atoms with E-state index in [4.69, 9.17) is 9.26 Å². The zero-order valence-electron chi connectivity index (χ0n) is 14.6. The number of morpholine rings is 1. The fourth-order valence-corrected chi connectivity index (χ4v) is 2.26. The summed E-state index contributed by atoms with van der Waals surface area (Å²) in [5, 5.41) is 6.01. The van der Waals surface area contributed by atoms with Gasteiger partial charge in [0.25, 0.3) is 11.8 Å². The quantitative estimate of drug-likeness (QED) is 0.910. The third kappa shape index (κ3) is 4.19. The van der Waals surface area contributed by atoms with E-state index in [1.165, 1.54) is 25.7 Å². The van der Waals surface area contributed by atoms with Gasteiger partial charge in [-0.25, -0.2) is 13.6 Å². The SMILES string of the molecule is Cc1noc([C@H]2CN(C(=O)NCC(F)(F)C(C)(C)C)C[C@@H](C)O2)n1. The molecule has 1 aromatic rings. The Hall–Kier alpha value is -1.77. The van der Waals surface area contributed by atoms with Crippen molar-refractivity contribution in [1.82, 2.24) is 20.4 Å². The largest absolute Gasteiger partial charge is 0.362 e. The third-order valence-electron chi connectivity index (χ3n) is 3.93. The molecule has 0 bridgehead atoms. The van der Waals surface area contributed by atoms with Crippen LogP contribution in [-0.2, 0) is 4.74 Å². The number of hydrogen-bond acceptors (Lipinski definition) is 5. The predicted molar refractivity (Wildman–Crippen MR) is 81.7 cm³/mol.